The van der Waals surface area contributed by atoms with Gasteiger partial charge in [0, 0.05) is 25.2 Å². The van der Waals surface area contributed by atoms with Crippen molar-refractivity contribution in [3.05, 3.63) is 71.3 Å². The molecule has 1 aliphatic rings. The summed E-state index contributed by atoms with van der Waals surface area (Å²) in [6, 6.07) is 18.2. The summed E-state index contributed by atoms with van der Waals surface area (Å²) in [5.41, 5.74) is 2.97. The molecule has 1 heterocycles. The number of amides is 1. The van der Waals surface area contributed by atoms with E-state index in [1.807, 2.05) is 49.4 Å². The van der Waals surface area contributed by atoms with Gasteiger partial charge in [0.25, 0.3) is 5.91 Å². The summed E-state index contributed by atoms with van der Waals surface area (Å²) in [6.07, 6.45) is 0. The zero-order valence-corrected chi connectivity index (χ0v) is 14.1. The molecule has 1 saturated heterocycles. The van der Waals surface area contributed by atoms with E-state index in [9.17, 15) is 4.79 Å². The van der Waals surface area contributed by atoms with Crippen molar-refractivity contribution in [1.82, 2.24) is 10.2 Å². The van der Waals surface area contributed by atoms with Gasteiger partial charge < -0.3 is 10.1 Å². The lowest BCUT2D eigenvalue weighted by Crippen LogP contribution is -2.43. The van der Waals surface area contributed by atoms with Crippen LogP contribution in [0.4, 0.5) is 0 Å². The van der Waals surface area contributed by atoms with Gasteiger partial charge in [-0.1, -0.05) is 48.5 Å². The lowest BCUT2D eigenvalue weighted by atomic mass is 10.0. The van der Waals surface area contributed by atoms with Crippen LogP contribution in [0.1, 0.15) is 27.5 Å². The molecule has 3 rings (SSSR count). The Bertz CT molecular complexity index is 666. The SMILES string of the molecule is Cc1ccccc1C(=O)NCC(c1ccccc1)N1CCOCC1. The molecule has 1 unspecified atom stereocenters. The highest BCUT2D eigenvalue weighted by Gasteiger charge is 2.23. The summed E-state index contributed by atoms with van der Waals surface area (Å²) in [5.74, 6) is -0.0118. The zero-order chi connectivity index (χ0) is 16.8. The smallest absolute Gasteiger partial charge is 0.251 e. The second kappa shape index (κ2) is 8.08. The van der Waals surface area contributed by atoms with E-state index < -0.39 is 0 Å². The number of morpholine rings is 1. The van der Waals surface area contributed by atoms with Crippen molar-refractivity contribution in [2.75, 3.05) is 32.8 Å². The van der Waals surface area contributed by atoms with E-state index in [1.165, 1.54) is 5.56 Å². The van der Waals surface area contributed by atoms with Crippen molar-refractivity contribution in [2.45, 2.75) is 13.0 Å². The number of aryl methyl sites for hydroxylation is 1. The third-order valence-electron chi connectivity index (χ3n) is 4.52. The van der Waals surface area contributed by atoms with E-state index in [0.29, 0.717) is 6.54 Å². The van der Waals surface area contributed by atoms with Crippen LogP contribution in [0.5, 0.6) is 0 Å². The number of rotatable bonds is 5. The maximum absolute atomic E-state index is 12.5. The first-order valence-corrected chi connectivity index (χ1v) is 8.46. The molecule has 0 radical (unpaired) electrons. The Hall–Kier alpha value is -2.17. The summed E-state index contributed by atoms with van der Waals surface area (Å²) in [7, 11) is 0. The Kier molecular flexibility index (Phi) is 5.62. The van der Waals surface area contributed by atoms with Crippen molar-refractivity contribution < 1.29 is 9.53 Å². The standard InChI is InChI=1S/C20H24N2O2/c1-16-7-5-6-10-18(16)20(23)21-15-19(17-8-3-2-4-9-17)22-11-13-24-14-12-22/h2-10,19H,11-15H2,1H3,(H,21,23). The molecule has 1 N–H and O–H groups in total. The predicted molar refractivity (Wildman–Crippen MR) is 95.1 cm³/mol. The first-order valence-electron chi connectivity index (χ1n) is 8.46. The number of carbonyl (C=O) groups is 1. The fourth-order valence-corrected chi connectivity index (χ4v) is 3.13. The summed E-state index contributed by atoms with van der Waals surface area (Å²) in [6.45, 7) is 5.83. The van der Waals surface area contributed by atoms with Gasteiger partial charge in [0.1, 0.15) is 0 Å². The van der Waals surface area contributed by atoms with Crippen molar-refractivity contribution in [1.29, 1.82) is 0 Å². The van der Waals surface area contributed by atoms with Crippen LogP contribution in [-0.2, 0) is 4.74 Å². The van der Waals surface area contributed by atoms with Crippen LogP contribution in [0, 0.1) is 6.92 Å². The molecule has 0 aliphatic carbocycles. The minimum Gasteiger partial charge on any atom is -0.379 e. The molecule has 0 spiro atoms. The average Bonchev–Trinajstić information content (AvgIpc) is 2.64. The molecule has 1 fully saturated rings. The Morgan fingerprint density at radius 3 is 2.46 bits per heavy atom. The lowest BCUT2D eigenvalue weighted by molar-refractivity contribution is 0.0162. The first kappa shape index (κ1) is 16.7. The third-order valence-corrected chi connectivity index (χ3v) is 4.52. The van der Waals surface area contributed by atoms with Gasteiger partial charge in [-0.25, -0.2) is 0 Å². The number of benzene rings is 2. The quantitative estimate of drug-likeness (QED) is 0.919. The van der Waals surface area contributed by atoms with Gasteiger partial charge in [-0.15, -0.1) is 0 Å². The highest BCUT2D eigenvalue weighted by Crippen LogP contribution is 2.21. The Morgan fingerprint density at radius 2 is 1.75 bits per heavy atom. The zero-order valence-electron chi connectivity index (χ0n) is 14.1. The first-order chi connectivity index (χ1) is 11.8. The summed E-state index contributed by atoms with van der Waals surface area (Å²) < 4.78 is 5.47. The summed E-state index contributed by atoms with van der Waals surface area (Å²) >= 11 is 0. The van der Waals surface area contributed by atoms with Gasteiger partial charge in [-0.05, 0) is 24.1 Å². The third kappa shape index (κ3) is 4.02. The summed E-state index contributed by atoms with van der Waals surface area (Å²) in [4.78, 5) is 14.9. The average molecular weight is 324 g/mol. The fourth-order valence-electron chi connectivity index (χ4n) is 3.13. The van der Waals surface area contributed by atoms with E-state index in [4.69, 9.17) is 4.74 Å². The molecule has 2 aromatic rings. The molecule has 24 heavy (non-hydrogen) atoms. The van der Waals surface area contributed by atoms with Gasteiger partial charge >= 0.3 is 0 Å². The second-order valence-corrected chi connectivity index (χ2v) is 6.10. The van der Waals surface area contributed by atoms with Gasteiger partial charge in [-0.2, -0.15) is 0 Å². The molecular formula is C20H24N2O2. The largest absolute Gasteiger partial charge is 0.379 e. The molecule has 0 saturated carbocycles. The number of hydrogen-bond acceptors (Lipinski definition) is 3. The van der Waals surface area contributed by atoms with Crippen molar-refractivity contribution >= 4 is 5.91 Å². The summed E-state index contributed by atoms with van der Waals surface area (Å²) in [5, 5.41) is 3.11. The molecule has 0 bridgehead atoms. The maximum Gasteiger partial charge on any atom is 0.251 e. The minimum atomic E-state index is -0.0118. The van der Waals surface area contributed by atoms with Crippen LogP contribution in [0.2, 0.25) is 0 Å². The highest BCUT2D eigenvalue weighted by molar-refractivity contribution is 5.95. The van der Waals surface area contributed by atoms with Crippen LogP contribution in [0.15, 0.2) is 54.6 Å². The molecule has 4 nitrogen and oxygen atoms in total. The van der Waals surface area contributed by atoms with Crippen LogP contribution in [-0.4, -0.2) is 43.7 Å². The molecule has 1 amide bonds. The van der Waals surface area contributed by atoms with Crippen molar-refractivity contribution in [2.24, 2.45) is 0 Å². The molecular weight excluding hydrogens is 300 g/mol. The van der Waals surface area contributed by atoms with Gasteiger partial charge in [0.15, 0.2) is 0 Å². The number of nitrogens with one attached hydrogen (secondary N) is 1. The topological polar surface area (TPSA) is 41.6 Å². The van der Waals surface area contributed by atoms with Crippen LogP contribution >= 0.6 is 0 Å². The van der Waals surface area contributed by atoms with Crippen molar-refractivity contribution in [3.8, 4) is 0 Å². The number of carbonyl (C=O) groups excluding carboxylic acids is 1. The van der Waals surface area contributed by atoms with E-state index in [1.54, 1.807) is 0 Å². The lowest BCUT2D eigenvalue weighted by Gasteiger charge is -2.35. The predicted octanol–water partition coefficient (Wildman–Crippen LogP) is 2.80. The fraction of sp³-hybridized carbons (Fsp3) is 0.350. The van der Waals surface area contributed by atoms with Crippen LogP contribution in [0.3, 0.4) is 0 Å². The molecule has 4 heteroatoms. The monoisotopic (exact) mass is 324 g/mol. The molecule has 1 atom stereocenters. The highest BCUT2D eigenvalue weighted by atomic mass is 16.5. The second-order valence-electron chi connectivity index (χ2n) is 6.10. The van der Waals surface area contributed by atoms with E-state index in [2.05, 4.69) is 22.3 Å². The Morgan fingerprint density at radius 1 is 1.08 bits per heavy atom. The normalized spacial score (nSPS) is 16.5. The molecule has 2 aromatic carbocycles. The Balaban J connectivity index is 1.72. The van der Waals surface area contributed by atoms with Crippen LogP contribution < -0.4 is 5.32 Å². The Labute approximate surface area is 143 Å². The number of ether oxygens (including phenoxy) is 1. The van der Waals surface area contributed by atoms with Gasteiger partial charge in [0.05, 0.1) is 19.3 Å². The van der Waals surface area contributed by atoms with E-state index in [0.717, 1.165) is 37.4 Å². The van der Waals surface area contributed by atoms with Crippen LogP contribution in [0.25, 0.3) is 0 Å². The minimum absolute atomic E-state index is 0.0118. The maximum atomic E-state index is 12.5. The molecule has 0 aromatic heterocycles. The van der Waals surface area contributed by atoms with Crippen molar-refractivity contribution in [3.63, 3.8) is 0 Å². The molecule has 126 valence electrons. The number of hydrogen-bond donors (Lipinski definition) is 1. The molecule has 1 aliphatic heterocycles. The van der Waals surface area contributed by atoms with Gasteiger partial charge in [0.2, 0.25) is 0 Å². The van der Waals surface area contributed by atoms with E-state index >= 15 is 0 Å². The number of nitrogens with zero attached hydrogens (tertiary/aromatic N) is 1. The van der Waals surface area contributed by atoms with Gasteiger partial charge in [-0.3, -0.25) is 9.69 Å². The van der Waals surface area contributed by atoms with E-state index in [-0.39, 0.29) is 11.9 Å².